The molecule has 3 rings (SSSR count). The number of thioether (sulfide) groups is 1. The normalized spacial score (nSPS) is 24.2. The highest BCUT2D eigenvalue weighted by molar-refractivity contribution is 8.08. The van der Waals surface area contributed by atoms with E-state index in [4.69, 9.17) is 5.73 Å². The van der Waals surface area contributed by atoms with Crippen molar-refractivity contribution < 1.29 is 29.3 Å². The van der Waals surface area contributed by atoms with Gasteiger partial charge in [0.1, 0.15) is 16.4 Å². The molecule has 26 heavy (non-hydrogen) atoms. The van der Waals surface area contributed by atoms with Crippen LogP contribution in [0, 0.1) is 5.92 Å². The van der Waals surface area contributed by atoms with Gasteiger partial charge in [0.2, 0.25) is 5.91 Å². The molecule has 0 spiro atoms. The SMILES string of the molecule is COC(=O)C(N)Cc1cn(C2=C(C(=O)O)N3C(=O)[C@H]([C@@H](C)O)[C@H]3S2)cn1. The zero-order chi connectivity index (χ0) is 19.2. The Labute approximate surface area is 152 Å². The molecule has 0 radical (unpaired) electrons. The lowest BCUT2D eigenvalue weighted by atomic mass is 9.92. The number of ether oxygens (including phenoxy) is 1. The first-order valence-electron chi connectivity index (χ1n) is 7.78. The van der Waals surface area contributed by atoms with Crippen LogP contribution in [0.2, 0.25) is 0 Å². The van der Waals surface area contributed by atoms with Crippen molar-refractivity contribution in [1.29, 1.82) is 0 Å². The highest BCUT2D eigenvalue weighted by Gasteiger charge is 2.58. The molecule has 0 aliphatic carbocycles. The van der Waals surface area contributed by atoms with Crippen LogP contribution in [0.5, 0.6) is 0 Å². The number of amides is 1. The fourth-order valence-electron chi connectivity index (χ4n) is 2.99. The first-order chi connectivity index (χ1) is 12.3. The Balaban J connectivity index is 1.86. The molecule has 2 aliphatic rings. The van der Waals surface area contributed by atoms with Crippen molar-refractivity contribution in [3.8, 4) is 0 Å². The van der Waals surface area contributed by atoms with E-state index in [1.165, 1.54) is 41.6 Å². The van der Waals surface area contributed by atoms with E-state index in [1.807, 2.05) is 0 Å². The molecule has 1 unspecified atom stereocenters. The predicted molar refractivity (Wildman–Crippen MR) is 90.2 cm³/mol. The van der Waals surface area contributed by atoms with E-state index >= 15 is 0 Å². The highest BCUT2D eigenvalue weighted by atomic mass is 32.2. The largest absolute Gasteiger partial charge is 0.476 e. The molecule has 0 saturated carbocycles. The maximum absolute atomic E-state index is 12.2. The minimum absolute atomic E-state index is 0.127. The van der Waals surface area contributed by atoms with Gasteiger partial charge in [-0.2, -0.15) is 0 Å². The summed E-state index contributed by atoms with van der Waals surface area (Å²) < 4.78 is 6.05. The Morgan fingerprint density at radius 1 is 1.50 bits per heavy atom. The van der Waals surface area contributed by atoms with E-state index in [0.29, 0.717) is 10.7 Å². The number of aliphatic hydroxyl groups is 1. The lowest BCUT2D eigenvalue weighted by molar-refractivity contribution is -0.156. The summed E-state index contributed by atoms with van der Waals surface area (Å²) in [6.45, 7) is 1.50. The van der Waals surface area contributed by atoms with Crippen LogP contribution >= 0.6 is 11.8 Å². The van der Waals surface area contributed by atoms with Gasteiger partial charge in [-0.15, -0.1) is 0 Å². The van der Waals surface area contributed by atoms with E-state index in [-0.39, 0.29) is 12.1 Å². The number of carbonyl (C=O) groups is 3. The fourth-order valence-corrected chi connectivity index (χ4v) is 4.54. The number of carboxylic acid groups (broad SMARTS) is 1. The molecule has 11 heteroatoms. The third-order valence-corrected chi connectivity index (χ3v) is 5.66. The van der Waals surface area contributed by atoms with Crippen molar-refractivity contribution in [3.63, 3.8) is 0 Å². The van der Waals surface area contributed by atoms with Gasteiger partial charge in [-0.05, 0) is 6.92 Å². The molecule has 10 nitrogen and oxygen atoms in total. The number of nitrogens with zero attached hydrogens (tertiary/aromatic N) is 3. The number of hydrogen-bond acceptors (Lipinski definition) is 8. The molecular formula is C15H18N4O6S. The highest BCUT2D eigenvalue weighted by Crippen LogP contribution is 2.51. The zero-order valence-corrected chi connectivity index (χ0v) is 14.8. The summed E-state index contributed by atoms with van der Waals surface area (Å²) in [5.41, 5.74) is 6.04. The number of fused-ring (bicyclic) bond motifs is 1. The minimum atomic E-state index is -1.24. The van der Waals surface area contributed by atoms with Crippen molar-refractivity contribution in [3.05, 3.63) is 23.9 Å². The number of carboxylic acids is 1. The first kappa shape index (κ1) is 18.4. The monoisotopic (exact) mass is 382 g/mol. The number of esters is 1. The van der Waals surface area contributed by atoms with Crippen LogP contribution in [0.3, 0.4) is 0 Å². The number of aliphatic carboxylic acids is 1. The zero-order valence-electron chi connectivity index (χ0n) is 14.0. The van der Waals surface area contributed by atoms with Gasteiger partial charge in [0, 0.05) is 12.6 Å². The lowest BCUT2D eigenvalue weighted by Gasteiger charge is -2.43. The maximum atomic E-state index is 12.2. The summed E-state index contributed by atoms with van der Waals surface area (Å²) in [4.78, 5) is 40.6. The number of methoxy groups -OCH3 is 1. The summed E-state index contributed by atoms with van der Waals surface area (Å²) in [7, 11) is 1.24. The van der Waals surface area contributed by atoms with Gasteiger partial charge in [0.25, 0.3) is 0 Å². The summed E-state index contributed by atoms with van der Waals surface area (Å²) in [5.74, 6) is -2.88. The fraction of sp³-hybridized carbons (Fsp3) is 0.467. The average molecular weight is 382 g/mol. The molecule has 3 heterocycles. The van der Waals surface area contributed by atoms with Crippen LogP contribution in [0.4, 0.5) is 0 Å². The Bertz CT molecular complexity index is 804. The van der Waals surface area contributed by atoms with Gasteiger partial charge in [-0.3, -0.25) is 19.1 Å². The van der Waals surface area contributed by atoms with Gasteiger partial charge in [0.15, 0.2) is 5.70 Å². The van der Waals surface area contributed by atoms with E-state index in [0.717, 1.165) is 0 Å². The van der Waals surface area contributed by atoms with Crippen molar-refractivity contribution in [2.24, 2.45) is 11.7 Å². The molecule has 4 atom stereocenters. The van der Waals surface area contributed by atoms with Crippen LogP contribution < -0.4 is 5.73 Å². The van der Waals surface area contributed by atoms with Crippen LogP contribution in [0.1, 0.15) is 12.6 Å². The Hall–Kier alpha value is -2.37. The third-order valence-electron chi connectivity index (χ3n) is 4.29. The molecular weight excluding hydrogens is 364 g/mol. The lowest BCUT2D eigenvalue weighted by Crippen LogP contribution is -2.60. The number of β-lactam (4-membered cyclic amide) rings is 1. The number of rotatable bonds is 6. The number of carbonyl (C=O) groups excluding carboxylic acids is 2. The molecule has 2 aliphatic heterocycles. The molecule has 1 aromatic rings. The van der Waals surface area contributed by atoms with Gasteiger partial charge in [0.05, 0.1) is 31.2 Å². The molecule has 1 saturated heterocycles. The van der Waals surface area contributed by atoms with Crippen LogP contribution in [-0.4, -0.2) is 67.1 Å². The van der Waals surface area contributed by atoms with E-state index in [2.05, 4.69) is 9.72 Å². The molecule has 0 aromatic carbocycles. The average Bonchev–Trinajstić information content (AvgIpc) is 3.15. The molecule has 1 fully saturated rings. The van der Waals surface area contributed by atoms with E-state index < -0.39 is 41.3 Å². The summed E-state index contributed by atoms with van der Waals surface area (Å²) in [6, 6.07) is -0.881. The second kappa shape index (κ2) is 6.74. The number of aliphatic hydroxyl groups excluding tert-OH is 1. The third kappa shape index (κ3) is 2.87. The van der Waals surface area contributed by atoms with Crippen LogP contribution in [0.15, 0.2) is 18.2 Å². The number of imidazole rings is 1. The van der Waals surface area contributed by atoms with Crippen molar-refractivity contribution in [2.75, 3.05) is 7.11 Å². The number of aromatic nitrogens is 2. The maximum Gasteiger partial charge on any atom is 0.355 e. The second-order valence-corrected chi connectivity index (χ2v) is 7.15. The van der Waals surface area contributed by atoms with Gasteiger partial charge >= 0.3 is 11.9 Å². The smallest absolute Gasteiger partial charge is 0.355 e. The Kier molecular flexibility index (Phi) is 4.78. The quantitative estimate of drug-likeness (QED) is 0.418. The van der Waals surface area contributed by atoms with Gasteiger partial charge in [-0.1, -0.05) is 11.8 Å². The van der Waals surface area contributed by atoms with Gasteiger partial charge in [-0.25, -0.2) is 9.78 Å². The number of nitrogens with two attached hydrogens (primary N) is 1. The van der Waals surface area contributed by atoms with Gasteiger partial charge < -0.3 is 20.7 Å². The number of hydrogen-bond donors (Lipinski definition) is 3. The summed E-state index contributed by atoms with van der Waals surface area (Å²) >= 11 is 1.18. The van der Waals surface area contributed by atoms with Crippen molar-refractivity contribution >= 4 is 34.6 Å². The molecule has 4 N–H and O–H groups in total. The van der Waals surface area contributed by atoms with Crippen molar-refractivity contribution in [1.82, 2.24) is 14.5 Å². The Morgan fingerprint density at radius 2 is 2.19 bits per heavy atom. The minimum Gasteiger partial charge on any atom is -0.476 e. The second-order valence-electron chi connectivity index (χ2n) is 6.05. The molecule has 1 aromatic heterocycles. The Morgan fingerprint density at radius 3 is 2.77 bits per heavy atom. The molecule has 0 bridgehead atoms. The molecule has 1 amide bonds. The summed E-state index contributed by atoms with van der Waals surface area (Å²) in [5, 5.41) is 19.1. The predicted octanol–water partition coefficient (Wildman–Crippen LogP) is -0.951. The van der Waals surface area contributed by atoms with Crippen LogP contribution in [-0.2, 0) is 25.5 Å². The summed E-state index contributed by atoms with van der Waals surface area (Å²) in [6.07, 6.45) is 2.21. The standard InChI is InChI=1S/C15H18N4O6S/c1-6(20)9-11(21)19-10(14(22)23)13(26-12(9)19)18-4-7(17-5-18)3-8(16)15(24)25-2/h4-6,8-9,12,20H,3,16H2,1-2H3,(H,22,23)/t6-,8?,9+,12-/m1/s1. The van der Waals surface area contributed by atoms with Crippen LogP contribution in [0.25, 0.3) is 5.03 Å². The van der Waals surface area contributed by atoms with E-state index in [9.17, 15) is 24.6 Å². The topological polar surface area (TPSA) is 148 Å². The van der Waals surface area contributed by atoms with E-state index in [1.54, 1.807) is 6.20 Å². The molecule has 140 valence electrons. The first-order valence-corrected chi connectivity index (χ1v) is 8.66. The van der Waals surface area contributed by atoms with Crippen molar-refractivity contribution in [2.45, 2.75) is 30.9 Å².